The fourth-order valence-corrected chi connectivity index (χ4v) is 2.54. The normalized spacial score (nSPS) is 11.3. The summed E-state index contributed by atoms with van der Waals surface area (Å²) in [6.07, 6.45) is 1.88. The molecule has 0 atom stereocenters. The van der Waals surface area contributed by atoms with Crippen LogP contribution in [0.3, 0.4) is 0 Å². The Labute approximate surface area is 102 Å². The van der Waals surface area contributed by atoms with Crippen molar-refractivity contribution in [1.82, 2.24) is 4.98 Å². The van der Waals surface area contributed by atoms with Crippen LogP contribution in [-0.2, 0) is 10.0 Å². The monoisotopic (exact) mass is 312 g/mol. The van der Waals surface area contributed by atoms with E-state index in [4.69, 9.17) is 11.6 Å². The molecule has 0 aliphatic rings. The highest BCUT2D eigenvalue weighted by atomic mass is 79.9. The van der Waals surface area contributed by atoms with Gasteiger partial charge in [-0.25, -0.2) is 13.4 Å². The van der Waals surface area contributed by atoms with E-state index in [1.807, 2.05) is 0 Å². The molecule has 4 nitrogen and oxygen atoms in total. The van der Waals surface area contributed by atoms with Crippen LogP contribution in [0.5, 0.6) is 0 Å². The van der Waals surface area contributed by atoms with E-state index in [-0.39, 0.29) is 5.75 Å². The summed E-state index contributed by atoms with van der Waals surface area (Å²) in [4.78, 5) is 3.91. The third kappa shape index (κ3) is 4.81. The maximum Gasteiger partial charge on any atom is 0.232 e. The minimum atomic E-state index is -3.30. The molecular formula is C8H10BrClN2O2S. The van der Waals surface area contributed by atoms with Gasteiger partial charge in [-0.2, -0.15) is 0 Å². The third-order valence-electron chi connectivity index (χ3n) is 1.55. The molecule has 0 amide bonds. The second-order valence-corrected chi connectivity index (χ2v) is 5.87. The standard InChI is InChI=1S/C8H10BrClN2O2S/c9-8-3-2-7(6-11-8)12-15(13,14)5-1-4-10/h2-3,6,12H,1,4-5H2. The molecule has 0 aliphatic carbocycles. The number of nitrogens with one attached hydrogen (secondary N) is 1. The maximum absolute atomic E-state index is 11.4. The van der Waals surface area contributed by atoms with E-state index in [0.29, 0.717) is 22.6 Å². The van der Waals surface area contributed by atoms with Crippen molar-refractivity contribution < 1.29 is 8.42 Å². The molecule has 0 saturated heterocycles. The van der Waals surface area contributed by atoms with Crippen molar-refractivity contribution in [2.75, 3.05) is 16.4 Å². The second kappa shape index (κ2) is 5.67. The number of nitrogens with zero attached hydrogens (tertiary/aromatic N) is 1. The summed E-state index contributed by atoms with van der Waals surface area (Å²) in [5.74, 6) is 0.353. The first kappa shape index (κ1) is 12.7. The number of aromatic nitrogens is 1. The average molecular weight is 314 g/mol. The highest BCUT2D eigenvalue weighted by molar-refractivity contribution is 9.10. The number of hydrogen-bond donors (Lipinski definition) is 1. The molecule has 0 unspecified atom stereocenters. The lowest BCUT2D eigenvalue weighted by Gasteiger charge is -2.06. The van der Waals surface area contributed by atoms with Gasteiger partial charge in [0.2, 0.25) is 10.0 Å². The molecule has 1 aromatic rings. The van der Waals surface area contributed by atoms with Crippen LogP contribution in [0.15, 0.2) is 22.9 Å². The minimum absolute atomic E-state index is 0.0204. The van der Waals surface area contributed by atoms with Crippen LogP contribution in [-0.4, -0.2) is 25.0 Å². The Morgan fingerprint density at radius 1 is 1.47 bits per heavy atom. The molecule has 1 rings (SSSR count). The number of alkyl halides is 1. The number of rotatable bonds is 5. The predicted octanol–water partition coefficient (Wildman–Crippen LogP) is 2.21. The number of anilines is 1. The van der Waals surface area contributed by atoms with Crippen LogP contribution in [0.25, 0.3) is 0 Å². The van der Waals surface area contributed by atoms with Gasteiger partial charge in [0.25, 0.3) is 0 Å². The van der Waals surface area contributed by atoms with Crippen LogP contribution in [0.4, 0.5) is 5.69 Å². The lowest BCUT2D eigenvalue weighted by Crippen LogP contribution is -2.17. The Kier molecular flexibility index (Phi) is 4.82. The van der Waals surface area contributed by atoms with Gasteiger partial charge in [0.1, 0.15) is 4.60 Å². The van der Waals surface area contributed by atoms with Crippen LogP contribution < -0.4 is 4.72 Å². The molecule has 15 heavy (non-hydrogen) atoms. The number of hydrogen-bond acceptors (Lipinski definition) is 3. The average Bonchev–Trinajstić information content (AvgIpc) is 2.18. The van der Waals surface area contributed by atoms with E-state index in [9.17, 15) is 8.42 Å². The van der Waals surface area contributed by atoms with Crippen molar-refractivity contribution in [2.24, 2.45) is 0 Å². The largest absolute Gasteiger partial charge is 0.282 e. The van der Waals surface area contributed by atoms with Gasteiger partial charge in [0.05, 0.1) is 17.6 Å². The van der Waals surface area contributed by atoms with Gasteiger partial charge in [-0.1, -0.05) is 0 Å². The zero-order valence-electron chi connectivity index (χ0n) is 7.78. The fourth-order valence-electron chi connectivity index (χ4n) is 0.911. The van der Waals surface area contributed by atoms with Gasteiger partial charge in [0.15, 0.2) is 0 Å². The summed E-state index contributed by atoms with van der Waals surface area (Å²) in [6.45, 7) is 0. The van der Waals surface area contributed by atoms with E-state index in [2.05, 4.69) is 25.6 Å². The predicted molar refractivity (Wildman–Crippen MR) is 64.7 cm³/mol. The number of sulfonamides is 1. The number of pyridine rings is 1. The highest BCUT2D eigenvalue weighted by Crippen LogP contribution is 2.12. The zero-order chi connectivity index (χ0) is 11.3. The molecule has 0 saturated carbocycles. The Balaban J connectivity index is 2.65. The van der Waals surface area contributed by atoms with Crippen molar-refractivity contribution in [3.8, 4) is 0 Å². The zero-order valence-corrected chi connectivity index (χ0v) is 10.9. The summed E-state index contributed by atoms with van der Waals surface area (Å²) in [5.41, 5.74) is 0.452. The topological polar surface area (TPSA) is 59.1 Å². The van der Waals surface area contributed by atoms with Gasteiger partial charge < -0.3 is 0 Å². The fraction of sp³-hybridized carbons (Fsp3) is 0.375. The van der Waals surface area contributed by atoms with Crippen LogP contribution in [0, 0.1) is 0 Å². The summed E-state index contributed by atoms with van der Waals surface area (Å²) in [5, 5.41) is 0. The Morgan fingerprint density at radius 2 is 2.20 bits per heavy atom. The smallest absolute Gasteiger partial charge is 0.232 e. The molecule has 0 radical (unpaired) electrons. The molecule has 0 bridgehead atoms. The first-order chi connectivity index (χ1) is 7.03. The SMILES string of the molecule is O=S(=O)(CCCCl)Nc1ccc(Br)nc1. The molecule has 1 aromatic heterocycles. The third-order valence-corrected chi connectivity index (χ3v) is 3.66. The van der Waals surface area contributed by atoms with Gasteiger partial charge in [0, 0.05) is 5.88 Å². The van der Waals surface area contributed by atoms with E-state index in [0.717, 1.165) is 0 Å². The van der Waals surface area contributed by atoms with Crippen LogP contribution in [0.2, 0.25) is 0 Å². The summed E-state index contributed by atoms with van der Waals surface area (Å²) in [6, 6.07) is 3.30. The van der Waals surface area contributed by atoms with E-state index < -0.39 is 10.0 Å². The Bertz CT molecular complexity index is 407. The van der Waals surface area contributed by atoms with Gasteiger partial charge in [-0.3, -0.25) is 4.72 Å². The minimum Gasteiger partial charge on any atom is -0.282 e. The van der Waals surface area contributed by atoms with Gasteiger partial charge in [-0.05, 0) is 34.5 Å². The first-order valence-electron chi connectivity index (χ1n) is 4.21. The summed E-state index contributed by atoms with van der Waals surface area (Å²) >= 11 is 8.58. The Morgan fingerprint density at radius 3 is 2.73 bits per heavy atom. The van der Waals surface area contributed by atoms with Crippen LogP contribution in [0.1, 0.15) is 6.42 Å². The molecule has 0 aliphatic heterocycles. The van der Waals surface area contributed by atoms with Gasteiger partial charge >= 0.3 is 0 Å². The molecule has 1 N–H and O–H groups in total. The highest BCUT2D eigenvalue weighted by Gasteiger charge is 2.09. The molecule has 84 valence electrons. The molecule has 1 heterocycles. The van der Waals surface area contributed by atoms with Crippen LogP contribution >= 0.6 is 27.5 Å². The molecule has 7 heteroatoms. The molecule has 0 fully saturated rings. The van der Waals surface area contributed by atoms with Crippen molar-refractivity contribution >= 4 is 43.2 Å². The molecule has 0 aromatic carbocycles. The van der Waals surface area contributed by atoms with Crippen molar-refractivity contribution in [2.45, 2.75) is 6.42 Å². The molecule has 0 spiro atoms. The summed E-state index contributed by atoms with van der Waals surface area (Å²) < 4.78 is 25.9. The van der Waals surface area contributed by atoms with E-state index in [1.165, 1.54) is 6.20 Å². The van der Waals surface area contributed by atoms with Crippen molar-refractivity contribution in [1.29, 1.82) is 0 Å². The van der Waals surface area contributed by atoms with Gasteiger partial charge in [-0.15, -0.1) is 11.6 Å². The maximum atomic E-state index is 11.4. The lowest BCUT2D eigenvalue weighted by molar-refractivity contribution is 0.600. The quantitative estimate of drug-likeness (QED) is 0.670. The lowest BCUT2D eigenvalue weighted by atomic mass is 10.4. The van der Waals surface area contributed by atoms with E-state index in [1.54, 1.807) is 12.1 Å². The first-order valence-corrected chi connectivity index (χ1v) is 7.19. The van der Waals surface area contributed by atoms with Crippen molar-refractivity contribution in [3.63, 3.8) is 0 Å². The second-order valence-electron chi connectivity index (χ2n) is 2.83. The molecular weight excluding hydrogens is 304 g/mol. The van der Waals surface area contributed by atoms with Crippen molar-refractivity contribution in [3.05, 3.63) is 22.9 Å². The summed E-state index contributed by atoms with van der Waals surface area (Å²) in [7, 11) is -3.30. The Hall–Kier alpha value is -0.330. The number of halogens is 2. The van der Waals surface area contributed by atoms with E-state index >= 15 is 0 Å².